The van der Waals surface area contributed by atoms with E-state index in [9.17, 15) is 9.59 Å². The Morgan fingerprint density at radius 3 is 2.70 bits per heavy atom. The summed E-state index contributed by atoms with van der Waals surface area (Å²) in [4.78, 5) is 29.0. The third kappa shape index (κ3) is 3.42. The van der Waals surface area contributed by atoms with Gasteiger partial charge in [-0.1, -0.05) is 18.2 Å². The summed E-state index contributed by atoms with van der Waals surface area (Å²) in [7, 11) is 1.65. The number of benzene rings is 2. The van der Waals surface area contributed by atoms with Crippen molar-refractivity contribution in [1.29, 1.82) is 0 Å². The molecule has 0 saturated carbocycles. The minimum Gasteiger partial charge on any atom is -0.497 e. The average Bonchev–Trinajstić information content (AvgIpc) is 3.36. The molecule has 27 heavy (non-hydrogen) atoms. The van der Waals surface area contributed by atoms with Crippen molar-refractivity contribution >= 4 is 17.5 Å². The fourth-order valence-electron chi connectivity index (χ4n) is 4.10. The van der Waals surface area contributed by atoms with Crippen LogP contribution in [-0.2, 0) is 4.79 Å². The summed E-state index contributed by atoms with van der Waals surface area (Å²) in [5, 5.41) is 0. The predicted molar refractivity (Wildman–Crippen MR) is 104 cm³/mol. The van der Waals surface area contributed by atoms with Gasteiger partial charge >= 0.3 is 0 Å². The Balaban J connectivity index is 1.59. The standard InChI is InChI=1S/C22H24N2O3/c1-27-19-9-3-6-16(15-19)20-10-4-13-24(20)22(26)17-7-2-8-18(14-17)23-12-5-11-21(23)25/h2-3,6-9,14-15,20H,4-5,10-13H2,1H3. The fourth-order valence-corrected chi connectivity index (χ4v) is 4.10. The normalized spacial score (nSPS) is 19.6. The van der Waals surface area contributed by atoms with Crippen LogP contribution < -0.4 is 9.64 Å². The van der Waals surface area contributed by atoms with Gasteiger partial charge < -0.3 is 14.5 Å². The van der Waals surface area contributed by atoms with Crippen LogP contribution in [0.25, 0.3) is 0 Å². The van der Waals surface area contributed by atoms with E-state index >= 15 is 0 Å². The second-order valence-corrected chi connectivity index (χ2v) is 7.13. The van der Waals surface area contributed by atoms with Crippen molar-refractivity contribution in [3.63, 3.8) is 0 Å². The van der Waals surface area contributed by atoms with Crippen LogP contribution in [0.1, 0.15) is 47.6 Å². The number of carbonyl (C=O) groups is 2. The van der Waals surface area contributed by atoms with Gasteiger partial charge in [0.25, 0.3) is 5.91 Å². The lowest BCUT2D eigenvalue weighted by Crippen LogP contribution is -2.31. The molecule has 2 aliphatic heterocycles. The summed E-state index contributed by atoms with van der Waals surface area (Å²) < 4.78 is 5.34. The van der Waals surface area contributed by atoms with Crippen molar-refractivity contribution in [2.75, 3.05) is 25.1 Å². The minimum absolute atomic E-state index is 0.0221. The van der Waals surface area contributed by atoms with Crippen LogP contribution in [0.3, 0.4) is 0 Å². The van der Waals surface area contributed by atoms with E-state index < -0.39 is 0 Å². The molecule has 1 unspecified atom stereocenters. The van der Waals surface area contributed by atoms with E-state index in [0.717, 1.165) is 49.4 Å². The number of methoxy groups -OCH3 is 1. The molecule has 2 fully saturated rings. The Morgan fingerprint density at radius 2 is 1.93 bits per heavy atom. The van der Waals surface area contributed by atoms with Crippen LogP contribution in [0, 0.1) is 0 Å². The van der Waals surface area contributed by atoms with Crippen LogP contribution in [-0.4, -0.2) is 36.9 Å². The summed E-state index contributed by atoms with van der Waals surface area (Å²) in [6.45, 7) is 1.47. The number of likely N-dealkylation sites (tertiary alicyclic amines) is 1. The van der Waals surface area contributed by atoms with Crippen LogP contribution in [0.4, 0.5) is 5.69 Å². The second-order valence-electron chi connectivity index (χ2n) is 7.13. The van der Waals surface area contributed by atoms with Gasteiger partial charge in [0.1, 0.15) is 5.75 Å². The van der Waals surface area contributed by atoms with Gasteiger partial charge in [-0.3, -0.25) is 9.59 Å². The zero-order chi connectivity index (χ0) is 18.8. The van der Waals surface area contributed by atoms with Gasteiger partial charge in [0.2, 0.25) is 5.91 Å². The molecule has 0 aromatic heterocycles. The molecule has 2 aromatic carbocycles. The molecule has 2 heterocycles. The monoisotopic (exact) mass is 364 g/mol. The maximum absolute atomic E-state index is 13.2. The molecule has 1 atom stereocenters. The summed E-state index contributed by atoms with van der Waals surface area (Å²) in [5.41, 5.74) is 2.56. The smallest absolute Gasteiger partial charge is 0.254 e. The fraction of sp³-hybridized carbons (Fsp3) is 0.364. The topological polar surface area (TPSA) is 49.9 Å². The molecule has 5 heteroatoms. The van der Waals surface area contributed by atoms with Gasteiger partial charge in [-0.25, -0.2) is 0 Å². The Kier molecular flexibility index (Phi) is 4.84. The van der Waals surface area contributed by atoms with Crippen molar-refractivity contribution < 1.29 is 14.3 Å². The zero-order valence-electron chi connectivity index (χ0n) is 15.6. The third-order valence-electron chi connectivity index (χ3n) is 5.47. The van der Waals surface area contributed by atoms with Gasteiger partial charge in [-0.05, 0) is 55.2 Å². The molecule has 2 aromatic rings. The second kappa shape index (κ2) is 7.43. The lowest BCUT2D eigenvalue weighted by Gasteiger charge is -2.26. The van der Waals surface area contributed by atoms with Gasteiger partial charge in [-0.2, -0.15) is 0 Å². The number of anilines is 1. The van der Waals surface area contributed by atoms with Crippen molar-refractivity contribution in [2.45, 2.75) is 31.7 Å². The summed E-state index contributed by atoms with van der Waals surface area (Å²) >= 11 is 0. The van der Waals surface area contributed by atoms with Crippen molar-refractivity contribution in [3.8, 4) is 5.75 Å². The summed E-state index contributed by atoms with van der Waals surface area (Å²) in [5.74, 6) is 0.963. The first-order valence-corrected chi connectivity index (χ1v) is 9.53. The van der Waals surface area contributed by atoms with E-state index in [2.05, 4.69) is 6.07 Å². The molecule has 0 aliphatic carbocycles. The molecule has 140 valence electrons. The van der Waals surface area contributed by atoms with Crippen molar-refractivity contribution in [1.82, 2.24) is 4.90 Å². The average molecular weight is 364 g/mol. The van der Waals surface area contributed by atoms with E-state index in [1.807, 2.05) is 47.4 Å². The molecule has 0 spiro atoms. The molecule has 2 aliphatic rings. The SMILES string of the molecule is COc1cccc(C2CCCN2C(=O)c2cccc(N3CCCC3=O)c2)c1. The highest BCUT2D eigenvalue weighted by Crippen LogP contribution is 2.35. The van der Waals surface area contributed by atoms with Crippen LogP contribution in [0.15, 0.2) is 48.5 Å². The quantitative estimate of drug-likeness (QED) is 0.829. The summed E-state index contributed by atoms with van der Waals surface area (Å²) in [6.07, 6.45) is 3.39. The van der Waals surface area contributed by atoms with Crippen molar-refractivity contribution in [2.24, 2.45) is 0 Å². The Hall–Kier alpha value is -2.82. The van der Waals surface area contributed by atoms with E-state index in [1.165, 1.54) is 0 Å². The van der Waals surface area contributed by atoms with E-state index in [0.29, 0.717) is 12.0 Å². The van der Waals surface area contributed by atoms with Crippen molar-refractivity contribution in [3.05, 3.63) is 59.7 Å². The maximum Gasteiger partial charge on any atom is 0.254 e. The van der Waals surface area contributed by atoms with E-state index in [4.69, 9.17) is 4.74 Å². The van der Waals surface area contributed by atoms with Crippen LogP contribution in [0.2, 0.25) is 0 Å². The highest BCUT2D eigenvalue weighted by Gasteiger charge is 2.31. The highest BCUT2D eigenvalue weighted by atomic mass is 16.5. The molecule has 2 saturated heterocycles. The first kappa shape index (κ1) is 17.6. The number of carbonyl (C=O) groups excluding carboxylic acids is 2. The predicted octanol–water partition coefficient (Wildman–Crippen LogP) is 3.80. The highest BCUT2D eigenvalue weighted by molar-refractivity contribution is 5.99. The molecule has 0 radical (unpaired) electrons. The third-order valence-corrected chi connectivity index (χ3v) is 5.47. The van der Waals surface area contributed by atoms with Gasteiger partial charge in [-0.15, -0.1) is 0 Å². The largest absolute Gasteiger partial charge is 0.497 e. The molecule has 2 amide bonds. The van der Waals surface area contributed by atoms with Crippen LogP contribution in [0.5, 0.6) is 5.75 Å². The molecular weight excluding hydrogens is 340 g/mol. The first-order chi connectivity index (χ1) is 13.2. The minimum atomic E-state index is 0.0221. The number of hydrogen-bond acceptors (Lipinski definition) is 3. The number of nitrogens with zero attached hydrogens (tertiary/aromatic N) is 2. The van der Waals surface area contributed by atoms with Gasteiger partial charge in [0, 0.05) is 30.8 Å². The lowest BCUT2D eigenvalue weighted by molar-refractivity contribution is -0.117. The number of amides is 2. The Morgan fingerprint density at radius 1 is 1.07 bits per heavy atom. The first-order valence-electron chi connectivity index (χ1n) is 9.53. The summed E-state index contributed by atoms with van der Waals surface area (Å²) in [6, 6.07) is 15.5. The molecule has 5 nitrogen and oxygen atoms in total. The Labute approximate surface area is 159 Å². The molecule has 4 rings (SSSR count). The zero-order valence-corrected chi connectivity index (χ0v) is 15.6. The number of rotatable bonds is 4. The van der Waals surface area contributed by atoms with E-state index in [1.54, 1.807) is 12.0 Å². The number of ether oxygens (including phenoxy) is 1. The van der Waals surface area contributed by atoms with E-state index in [-0.39, 0.29) is 17.9 Å². The maximum atomic E-state index is 13.2. The molecular formula is C22H24N2O3. The molecule has 0 bridgehead atoms. The Bertz CT molecular complexity index is 864. The van der Waals surface area contributed by atoms with Crippen LogP contribution >= 0.6 is 0 Å². The number of hydrogen-bond donors (Lipinski definition) is 0. The lowest BCUT2D eigenvalue weighted by atomic mass is 10.0. The van der Waals surface area contributed by atoms with Gasteiger partial charge in [0.15, 0.2) is 0 Å². The molecule has 0 N–H and O–H groups in total. The van der Waals surface area contributed by atoms with Gasteiger partial charge in [0.05, 0.1) is 13.2 Å².